The second-order valence-corrected chi connectivity index (χ2v) is 7.57. The molecule has 1 N–H and O–H groups in total. The van der Waals surface area contributed by atoms with Crippen LogP contribution in [0.15, 0.2) is 54.7 Å². The SMILES string of the molecule is COc1ccc2[nH]cc([C@@H](CCc3ccccc3)CC(=O)N3CCOCC3)c2c1. The summed E-state index contributed by atoms with van der Waals surface area (Å²) in [6.07, 6.45) is 4.44. The lowest BCUT2D eigenvalue weighted by Gasteiger charge is -2.28. The van der Waals surface area contributed by atoms with Crippen LogP contribution in [0, 0.1) is 0 Å². The molecule has 1 aliphatic rings. The minimum Gasteiger partial charge on any atom is -0.497 e. The fraction of sp³-hybridized carbons (Fsp3) is 0.375. The lowest BCUT2D eigenvalue weighted by molar-refractivity contribution is -0.135. The van der Waals surface area contributed by atoms with Crippen molar-refractivity contribution in [2.45, 2.75) is 25.2 Å². The number of methoxy groups -OCH3 is 1. The first-order chi connectivity index (χ1) is 14.2. The van der Waals surface area contributed by atoms with Crippen LogP contribution in [-0.2, 0) is 16.0 Å². The molecule has 2 aromatic carbocycles. The van der Waals surface area contributed by atoms with Gasteiger partial charge in [0.25, 0.3) is 0 Å². The van der Waals surface area contributed by atoms with Crippen molar-refractivity contribution in [1.82, 2.24) is 9.88 Å². The molecule has 5 nitrogen and oxygen atoms in total. The van der Waals surface area contributed by atoms with Crippen LogP contribution in [0.2, 0.25) is 0 Å². The molecule has 0 bridgehead atoms. The third kappa shape index (κ3) is 4.62. The number of nitrogens with one attached hydrogen (secondary N) is 1. The Hall–Kier alpha value is -2.79. The number of carbonyl (C=O) groups excluding carboxylic acids is 1. The number of benzene rings is 2. The van der Waals surface area contributed by atoms with E-state index in [1.807, 2.05) is 23.1 Å². The van der Waals surface area contributed by atoms with Gasteiger partial charge in [-0.15, -0.1) is 0 Å². The summed E-state index contributed by atoms with van der Waals surface area (Å²) in [5.41, 5.74) is 3.56. The van der Waals surface area contributed by atoms with Crippen molar-refractivity contribution in [1.29, 1.82) is 0 Å². The summed E-state index contributed by atoms with van der Waals surface area (Å²) in [7, 11) is 1.68. The molecule has 1 aromatic heterocycles. The maximum atomic E-state index is 13.0. The quantitative estimate of drug-likeness (QED) is 0.657. The summed E-state index contributed by atoms with van der Waals surface area (Å²) >= 11 is 0. The maximum absolute atomic E-state index is 13.0. The van der Waals surface area contributed by atoms with E-state index in [4.69, 9.17) is 9.47 Å². The molecular formula is C24H28N2O3. The molecule has 0 radical (unpaired) electrons. The molecule has 1 fully saturated rings. The second kappa shape index (κ2) is 9.14. The van der Waals surface area contributed by atoms with Gasteiger partial charge in [0, 0.05) is 36.6 Å². The zero-order valence-corrected chi connectivity index (χ0v) is 16.9. The van der Waals surface area contributed by atoms with E-state index < -0.39 is 0 Å². The maximum Gasteiger partial charge on any atom is 0.223 e. The van der Waals surface area contributed by atoms with Crippen LogP contribution in [-0.4, -0.2) is 49.2 Å². The third-order valence-corrected chi connectivity index (χ3v) is 5.77. The predicted molar refractivity (Wildman–Crippen MR) is 114 cm³/mol. The van der Waals surface area contributed by atoms with Gasteiger partial charge in [-0.2, -0.15) is 0 Å². The zero-order chi connectivity index (χ0) is 20.1. The smallest absolute Gasteiger partial charge is 0.223 e. The molecule has 4 rings (SSSR count). The first-order valence-corrected chi connectivity index (χ1v) is 10.3. The minimum absolute atomic E-state index is 0.145. The number of H-pyrrole nitrogens is 1. The molecule has 2 heterocycles. The Morgan fingerprint density at radius 3 is 2.72 bits per heavy atom. The third-order valence-electron chi connectivity index (χ3n) is 5.77. The number of hydrogen-bond acceptors (Lipinski definition) is 3. The van der Waals surface area contributed by atoms with Crippen molar-refractivity contribution >= 4 is 16.8 Å². The fourth-order valence-electron chi connectivity index (χ4n) is 4.09. The lowest BCUT2D eigenvalue weighted by Crippen LogP contribution is -2.41. The van der Waals surface area contributed by atoms with Gasteiger partial charge in [-0.3, -0.25) is 4.79 Å². The predicted octanol–water partition coefficient (Wildman–Crippen LogP) is 4.14. The van der Waals surface area contributed by atoms with Crippen molar-refractivity contribution in [3.63, 3.8) is 0 Å². The fourth-order valence-corrected chi connectivity index (χ4v) is 4.09. The van der Waals surface area contributed by atoms with Crippen molar-refractivity contribution in [3.05, 3.63) is 65.9 Å². The van der Waals surface area contributed by atoms with E-state index in [0.29, 0.717) is 32.7 Å². The van der Waals surface area contributed by atoms with Crippen LogP contribution in [0.3, 0.4) is 0 Å². The molecular weight excluding hydrogens is 364 g/mol. The Bertz CT molecular complexity index is 945. The van der Waals surface area contributed by atoms with Gasteiger partial charge in [0.1, 0.15) is 5.75 Å². The van der Waals surface area contributed by atoms with Crippen molar-refractivity contribution in [2.75, 3.05) is 33.4 Å². The number of morpholine rings is 1. The highest BCUT2D eigenvalue weighted by molar-refractivity contribution is 5.86. The number of aryl methyl sites for hydroxylation is 1. The average Bonchev–Trinajstić information content (AvgIpc) is 3.20. The zero-order valence-electron chi connectivity index (χ0n) is 16.9. The van der Waals surface area contributed by atoms with Crippen molar-refractivity contribution in [3.8, 4) is 5.75 Å². The summed E-state index contributed by atoms with van der Waals surface area (Å²) in [6, 6.07) is 16.5. The van der Waals surface area contributed by atoms with E-state index >= 15 is 0 Å². The molecule has 152 valence electrons. The van der Waals surface area contributed by atoms with E-state index in [-0.39, 0.29) is 11.8 Å². The molecule has 3 aromatic rings. The normalized spacial score (nSPS) is 15.4. The van der Waals surface area contributed by atoms with Gasteiger partial charge < -0.3 is 19.4 Å². The molecule has 0 spiro atoms. The Labute approximate surface area is 171 Å². The number of aromatic amines is 1. The second-order valence-electron chi connectivity index (χ2n) is 7.57. The first kappa shape index (κ1) is 19.5. The Balaban J connectivity index is 1.59. The van der Waals surface area contributed by atoms with Crippen LogP contribution in [0.5, 0.6) is 5.75 Å². The van der Waals surface area contributed by atoms with E-state index in [1.165, 1.54) is 11.1 Å². The topological polar surface area (TPSA) is 54.6 Å². The number of nitrogens with zero attached hydrogens (tertiary/aromatic N) is 1. The summed E-state index contributed by atoms with van der Waals surface area (Å²) in [6.45, 7) is 2.63. The van der Waals surface area contributed by atoms with Crippen LogP contribution < -0.4 is 4.74 Å². The number of aromatic nitrogens is 1. The number of amides is 1. The molecule has 0 unspecified atom stereocenters. The molecule has 1 amide bonds. The molecule has 5 heteroatoms. The number of rotatable bonds is 7. The van der Waals surface area contributed by atoms with Gasteiger partial charge >= 0.3 is 0 Å². The lowest BCUT2D eigenvalue weighted by atomic mass is 9.88. The highest BCUT2D eigenvalue weighted by Crippen LogP contribution is 2.34. The van der Waals surface area contributed by atoms with Gasteiger partial charge in [-0.1, -0.05) is 30.3 Å². The largest absolute Gasteiger partial charge is 0.497 e. The van der Waals surface area contributed by atoms with Crippen LogP contribution in [0.1, 0.15) is 29.9 Å². The summed E-state index contributed by atoms with van der Waals surface area (Å²) < 4.78 is 10.8. The monoisotopic (exact) mass is 392 g/mol. The number of ether oxygens (including phenoxy) is 2. The molecule has 0 saturated carbocycles. The molecule has 0 aliphatic carbocycles. The van der Waals surface area contributed by atoms with Crippen molar-refractivity contribution < 1.29 is 14.3 Å². The van der Waals surface area contributed by atoms with Gasteiger partial charge in [0.05, 0.1) is 20.3 Å². The molecule has 1 saturated heterocycles. The van der Waals surface area contributed by atoms with Crippen LogP contribution in [0.25, 0.3) is 10.9 Å². The summed E-state index contributed by atoms with van der Waals surface area (Å²) in [5.74, 6) is 1.19. The van der Waals surface area contributed by atoms with Crippen LogP contribution in [0.4, 0.5) is 0 Å². The van der Waals surface area contributed by atoms with Crippen LogP contribution >= 0.6 is 0 Å². The Kier molecular flexibility index (Phi) is 6.15. The van der Waals surface area contributed by atoms with Gasteiger partial charge in [-0.25, -0.2) is 0 Å². The van der Waals surface area contributed by atoms with Gasteiger partial charge in [-0.05, 0) is 48.1 Å². The van der Waals surface area contributed by atoms with Gasteiger partial charge in [0.15, 0.2) is 0 Å². The van der Waals surface area contributed by atoms with Gasteiger partial charge in [0.2, 0.25) is 5.91 Å². The van der Waals surface area contributed by atoms with E-state index in [9.17, 15) is 4.79 Å². The Morgan fingerprint density at radius 2 is 1.97 bits per heavy atom. The highest BCUT2D eigenvalue weighted by atomic mass is 16.5. The average molecular weight is 392 g/mol. The number of carbonyl (C=O) groups is 1. The number of hydrogen-bond donors (Lipinski definition) is 1. The molecule has 1 atom stereocenters. The summed E-state index contributed by atoms with van der Waals surface area (Å²) in [5, 5.41) is 1.14. The molecule has 1 aliphatic heterocycles. The van der Waals surface area contributed by atoms with E-state index in [0.717, 1.165) is 29.5 Å². The highest BCUT2D eigenvalue weighted by Gasteiger charge is 2.24. The minimum atomic E-state index is 0.145. The van der Waals surface area contributed by atoms with E-state index in [1.54, 1.807) is 7.11 Å². The Morgan fingerprint density at radius 1 is 1.17 bits per heavy atom. The summed E-state index contributed by atoms with van der Waals surface area (Å²) in [4.78, 5) is 18.3. The first-order valence-electron chi connectivity index (χ1n) is 10.3. The standard InChI is InChI=1S/C24H28N2O3/c1-28-20-9-10-23-21(16-20)22(17-25-23)19(8-7-18-5-3-2-4-6-18)15-24(27)26-11-13-29-14-12-26/h2-6,9-10,16-17,19,25H,7-8,11-15H2,1H3/t19-/m0/s1. The van der Waals surface area contributed by atoms with Crippen molar-refractivity contribution in [2.24, 2.45) is 0 Å². The molecule has 29 heavy (non-hydrogen) atoms. The van der Waals surface area contributed by atoms with E-state index in [2.05, 4.69) is 41.5 Å². The number of fused-ring (bicyclic) bond motifs is 1.